The predicted molar refractivity (Wildman–Crippen MR) is 83.5 cm³/mol. The van der Waals surface area contributed by atoms with E-state index in [0.717, 1.165) is 5.52 Å². The summed E-state index contributed by atoms with van der Waals surface area (Å²) in [4.78, 5) is 19.3. The van der Waals surface area contributed by atoms with Gasteiger partial charge in [0, 0.05) is 11.5 Å². The number of H-pyrrole nitrogens is 1. The van der Waals surface area contributed by atoms with E-state index in [1.165, 1.54) is 22.1 Å². The van der Waals surface area contributed by atoms with Crippen LogP contribution in [0.5, 0.6) is 0 Å². The third kappa shape index (κ3) is 2.61. The highest BCUT2D eigenvalue weighted by molar-refractivity contribution is 7.17. The highest BCUT2D eigenvalue weighted by atomic mass is 35.5. The molecule has 0 aliphatic carbocycles. The molecule has 110 valence electrons. The largest absolute Gasteiger partial charge is 1.00 e. The van der Waals surface area contributed by atoms with Gasteiger partial charge < -0.3 is 17.4 Å². The molecule has 1 aromatic carbocycles. The van der Waals surface area contributed by atoms with Gasteiger partial charge in [-0.25, -0.2) is 4.98 Å². The lowest BCUT2D eigenvalue weighted by Gasteiger charge is -2.00. The van der Waals surface area contributed by atoms with Crippen LogP contribution in [0.1, 0.15) is 5.82 Å². The number of nitrogens with one attached hydrogen (secondary N) is 1. The standard InChI is InChI=1S/C16H11N3OS.ClH/c20-16-15-13(6-8-21-15)17-14(18-16)10-19-7-5-11-3-1-2-4-12(11)9-19;/h1-9H,10H2;1H. The van der Waals surface area contributed by atoms with E-state index in [4.69, 9.17) is 0 Å². The molecule has 4 nitrogen and oxygen atoms in total. The number of hydrogen-bond acceptors (Lipinski definition) is 3. The molecule has 0 unspecified atom stereocenters. The van der Waals surface area contributed by atoms with Gasteiger partial charge in [0.15, 0.2) is 18.2 Å². The fourth-order valence-electron chi connectivity index (χ4n) is 2.45. The molecule has 0 spiro atoms. The fraction of sp³-hybridized carbons (Fsp3) is 0.0625. The van der Waals surface area contributed by atoms with Crippen molar-refractivity contribution in [3.8, 4) is 0 Å². The number of hydrogen-bond donors (Lipinski definition) is 1. The Kier molecular flexibility index (Phi) is 3.92. The van der Waals surface area contributed by atoms with Crippen LogP contribution in [0.25, 0.3) is 21.0 Å². The van der Waals surface area contributed by atoms with Crippen molar-refractivity contribution in [2.24, 2.45) is 0 Å². The molecule has 0 amide bonds. The summed E-state index contributed by atoms with van der Waals surface area (Å²) in [6.45, 7) is 0.547. The molecule has 0 saturated heterocycles. The second-order valence-corrected chi connectivity index (χ2v) is 5.81. The second kappa shape index (κ2) is 5.87. The minimum Gasteiger partial charge on any atom is -1.00 e. The van der Waals surface area contributed by atoms with Crippen LogP contribution in [-0.2, 0) is 6.54 Å². The Morgan fingerprint density at radius 1 is 1.14 bits per heavy atom. The molecule has 6 heteroatoms. The number of rotatable bonds is 2. The molecule has 1 N–H and O–H groups in total. The van der Waals surface area contributed by atoms with E-state index < -0.39 is 0 Å². The molecule has 0 saturated carbocycles. The van der Waals surface area contributed by atoms with Crippen LogP contribution < -0.4 is 22.5 Å². The Morgan fingerprint density at radius 2 is 1.95 bits per heavy atom. The van der Waals surface area contributed by atoms with Crippen molar-refractivity contribution in [3.63, 3.8) is 0 Å². The lowest BCUT2D eigenvalue weighted by molar-refractivity contribution is -0.688. The maximum Gasteiger partial charge on any atom is 0.269 e. The summed E-state index contributed by atoms with van der Waals surface area (Å²) in [5.74, 6) is 0.672. The van der Waals surface area contributed by atoms with Crippen molar-refractivity contribution in [2.75, 3.05) is 0 Å². The van der Waals surface area contributed by atoms with Gasteiger partial charge in [-0.15, -0.1) is 11.3 Å². The van der Waals surface area contributed by atoms with E-state index in [0.29, 0.717) is 17.1 Å². The van der Waals surface area contributed by atoms with Crippen molar-refractivity contribution >= 4 is 32.3 Å². The van der Waals surface area contributed by atoms with E-state index >= 15 is 0 Å². The first kappa shape index (κ1) is 14.7. The van der Waals surface area contributed by atoms with Gasteiger partial charge >= 0.3 is 0 Å². The van der Waals surface area contributed by atoms with Crippen LogP contribution in [0.2, 0.25) is 0 Å². The van der Waals surface area contributed by atoms with E-state index in [2.05, 4.69) is 34.4 Å². The molecule has 3 heterocycles. The molecule has 3 aromatic heterocycles. The lowest BCUT2D eigenvalue weighted by atomic mass is 10.2. The highest BCUT2D eigenvalue weighted by Crippen LogP contribution is 2.14. The van der Waals surface area contributed by atoms with Gasteiger partial charge in [-0.05, 0) is 22.9 Å². The number of nitrogens with zero attached hydrogens (tertiary/aromatic N) is 2. The van der Waals surface area contributed by atoms with Gasteiger partial charge in [-0.2, -0.15) is 4.57 Å². The smallest absolute Gasteiger partial charge is 0.269 e. The zero-order chi connectivity index (χ0) is 14.2. The zero-order valence-corrected chi connectivity index (χ0v) is 13.1. The van der Waals surface area contributed by atoms with Crippen molar-refractivity contribution in [1.29, 1.82) is 0 Å². The average molecular weight is 330 g/mol. The molecule has 4 rings (SSSR count). The first-order valence-corrected chi connectivity index (χ1v) is 7.52. The van der Waals surface area contributed by atoms with Crippen LogP contribution in [0.15, 0.2) is 59.0 Å². The maximum absolute atomic E-state index is 12.0. The zero-order valence-electron chi connectivity index (χ0n) is 11.5. The number of aromatic nitrogens is 3. The lowest BCUT2D eigenvalue weighted by Crippen LogP contribution is -3.00. The van der Waals surface area contributed by atoms with E-state index in [9.17, 15) is 4.79 Å². The quantitative estimate of drug-likeness (QED) is 0.503. The molecule has 0 atom stereocenters. The van der Waals surface area contributed by atoms with Gasteiger partial charge in [-0.3, -0.25) is 4.79 Å². The van der Waals surface area contributed by atoms with Gasteiger partial charge in [0.2, 0.25) is 6.54 Å². The summed E-state index contributed by atoms with van der Waals surface area (Å²) in [7, 11) is 0. The Hall–Kier alpha value is -2.24. The highest BCUT2D eigenvalue weighted by Gasteiger charge is 2.09. The summed E-state index contributed by atoms with van der Waals surface area (Å²) in [6, 6.07) is 12.1. The van der Waals surface area contributed by atoms with Gasteiger partial charge in [-0.1, -0.05) is 18.2 Å². The Balaban J connectivity index is 0.00000144. The fourth-order valence-corrected chi connectivity index (χ4v) is 3.17. The van der Waals surface area contributed by atoms with Gasteiger partial charge in [0.05, 0.1) is 5.52 Å². The topological polar surface area (TPSA) is 49.6 Å². The number of aromatic amines is 1. The molecule has 4 aromatic rings. The summed E-state index contributed by atoms with van der Waals surface area (Å²) in [6.07, 6.45) is 4.06. The molecular formula is C16H12ClN3OS. The van der Waals surface area contributed by atoms with Crippen LogP contribution >= 0.6 is 11.3 Å². The first-order valence-electron chi connectivity index (χ1n) is 6.64. The second-order valence-electron chi connectivity index (χ2n) is 4.89. The molecule has 0 fully saturated rings. The van der Waals surface area contributed by atoms with Crippen LogP contribution in [0, 0.1) is 0 Å². The molecule has 0 bridgehead atoms. The summed E-state index contributed by atoms with van der Waals surface area (Å²) >= 11 is 1.42. The first-order chi connectivity index (χ1) is 10.3. The Bertz CT molecular complexity index is 1010. The van der Waals surface area contributed by atoms with Crippen molar-refractivity contribution in [3.05, 3.63) is 70.4 Å². The number of halogens is 1. The van der Waals surface area contributed by atoms with Gasteiger partial charge in [0.1, 0.15) is 4.70 Å². The number of thiophene rings is 1. The van der Waals surface area contributed by atoms with Crippen LogP contribution in [-0.4, -0.2) is 9.97 Å². The summed E-state index contributed by atoms with van der Waals surface area (Å²) in [5.41, 5.74) is 0.700. The summed E-state index contributed by atoms with van der Waals surface area (Å²) < 4.78 is 2.71. The van der Waals surface area contributed by atoms with Crippen LogP contribution in [0.4, 0.5) is 0 Å². The number of pyridine rings is 1. The van der Waals surface area contributed by atoms with Crippen molar-refractivity contribution in [2.45, 2.75) is 6.54 Å². The third-order valence-electron chi connectivity index (χ3n) is 3.44. The predicted octanol–water partition coefficient (Wildman–Crippen LogP) is -0.522. The minimum absolute atomic E-state index is 0. The van der Waals surface area contributed by atoms with Crippen LogP contribution in [0.3, 0.4) is 0 Å². The Labute approximate surface area is 136 Å². The van der Waals surface area contributed by atoms with E-state index in [-0.39, 0.29) is 18.0 Å². The van der Waals surface area contributed by atoms with E-state index in [1.54, 1.807) is 0 Å². The molecular weight excluding hydrogens is 318 g/mol. The Morgan fingerprint density at radius 3 is 2.82 bits per heavy atom. The van der Waals surface area contributed by atoms with Gasteiger partial charge in [0.25, 0.3) is 5.56 Å². The molecule has 0 radical (unpaired) electrons. The monoisotopic (exact) mass is 329 g/mol. The maximum atomic E-state index is 12.0. The molecule has 0 aliphatic rings. The summed E-state index contributed by atoms with van der Waals surface area (Å²) in [5, 5.41) is 4.25. The number of benzene rings is 1. The number of fused-ring (bicyclic) bond motifs is 2. The normalized spacial score (nSPS) is 10.7. The third-order valence-corrected chi connectivity index (χ3v) is 4.35. The SMILES string of the molecule is O=c1[nH]c(C[n+]2ccc3ccccc3c2)nc2ccsc12.[Cl-]. The molecule has 22 heavy (non-hydrogen) atoms. The minimum atomic E-state index is -0.0635. The molecule has 0 aliphatic heterocycles. The van der Waals surface area contributed by atoms with Crippen molar-refractivity contribution < 1.29 is 17.0 Å². The average Bonchev–Trinajstić information content (AvgIpc) is 2.96. The van der Waals surface area contributed by atoms with Crippen molar-refractivity contribution in [1.82, 2.24) is 9.97 Å². The van der Waals surface area contributed by atoms with E-state index in [1.807, 2.05) is 34.3 Å².